The predicted octanol–water partition coefficient (Wildman–Crippen LogP) is 4.01. The normalized spacial score (nSPS) is 10.5. The Kier molecular flexibility index (Phi) is 3.21. The lowest BCUT2D eigenvalue weighted by Crippen LogP contribution is -1.93. The van der Waals surface area contributed by atoms with E-state index in [-0.39, 0.29) is 0 Å². The summed E-state index contributed by atoms with van der Waals surface area (Å²) in [6, 6.07) is 1.54. The van der Waals surface area contributed by atoms with E-state index >= 15 is 0 Å². The van der Waals surface area contributed by atoms with Gasteiger partial charge in [0.25, 0.3) is 0 Å². The Morgan fingerprint density at radius 2 is 2.00 bits per heavy atom. The van der Waals surface area contributed by atoms with Gasteiger partial charge in [0.05, 0.1) is 5.02 Å². The number of hydrogen-bond acceptors (Lipinski definition) is 2. The highest BCUT2D eigenvalue weighted by Gasteiger charge is 2.11. The van der Waals surface area contributed by atoms with Crippen LogP contribution < -0.4 is 0 Å². The molecule has 0 fully saturated rings. The Hall–Kier alpha value is -1.00. The largest absolute Gasteiger partial charge is 0.263 e. The van der Waals surface area contributed by atoms with Crippen molar-refractivity contribution in [2.24, 2.45) is 0 Å². The highest BCUT2D eigenvalue weighted by atomic mass is 79.9. The van der Waals surface area contributed by atoms with Crippen molar-refractivity contribution in [2.75, 3.05) is 0 Å². The van der Waals surface area contributed by atoms with E-state index < -0.39 is 5.95 Å². The molecule has 0 N–H and O–H groups in total. The summed E-state index contributed by atoms with van der Waals surface area (Å²) in [6.45, 7) is 1.88. The Balaban J connectivity index is 2.67. The minimum Gasteiger partial charge on any atom is -0.263 e. The minimum atomic E-state index is -0.549. The van der Waals surface area contributed by atoms with Crippen LogP contribution in [0, 0.1) is 12.9 Å². The first-order valence-electron chi connectivity index (χ1n) is 4.51. The van der Waals surface area contributed by atoms with Crippen LogP contribution in [0.3, 0.4) is 0 Å². The minimum absolute atomic E-state index is 0.360. The van der Waals surface area contributed by atoms with Crippen molar-refractivity contribution in [1.82, 2.24) is 9.97 Å². The monoisotopic (exact) mass is 300 g/mol. The third-order valence-corrected chi connectivity index (χ3v) is 3.26. The second-order valence-electron chi connectivity index (χ2n) is 3.29. The molecule has 0 spiro atoms. The Morgan fingerprint density at radius 1 is 1.25 bits per heavy atom. The highest BCUT2D eigenvalue weighted by molar-refractivity contribution is 9.10. The summed E-state index contributed by atoms with van der Waals surface area (Å²) < 4.78 is 14.4. The molecule has 0 radical (unpaired) electrons. The molecule has 2 aromatic rings. The molecule has 0 aliphatic carbocycles. The molecule has 0 aliphatic heterocycles. The van der Waals surface area contributed by atoms with Crippen molar-refractivity contribution in [2.45, 2.75) is 6.92 Å². The second kappa shape index (κ2) is 4.47. The molecular formula is C11H7BrClFN2. The number of halogens is 3. The zero-order valence-corrected chi connectivity index (χ0v) is 10.7. The molecule has 0 aromatic carbocycles. The van der Waals surface area contributed by atoms with Crippen LogP contribution in [0.2, 0.25) is 5.02 Å². The van der Waals surface area contributed by atoms with Gasteiger partial charge in [-0.3, -0.25) is 4.98 Å². The zero-order chi connectivity index (χ0) is 11.7. The van der Waals surface area contributed by atoms with Crippen molar-refractivity contribution < 1.29 is 4.39 Å². The summed E-state index contributed by atoms with van der Waals surface area (Å²) in [5.41, 5.74) is 1.94. The van der Waals surface area contributed by atoms with Gasteiger partial charge in [-0.15, -0.1) is 0 Å². The summed E-state index contributed by atoms with van der Waals surface area (Å²) in [5.74, 6) is -0.549. The van der Waals surface area contributed by atoms with Gasteiger partial charge in [0.1, 0.15) is 0 Å². The molecule has 0 saturated carbocycles. The maximum atomic E-state index is 13.6. The van der Waals surface area contributed by atoms with Gasteiger partial charge < -0.3 is 0 Å². The zero-order valence-electron chi connectivity index (χ0n) is 8.34. The van der Waals surface area contributed by atoms with Gasteiger partial charge in [-0.05, 0) is 34.5 Å². The summed E-state index contributed by atoms with van der Waals surface area (Å²) in [4.78, 5) is 7.59. The third kappa shape index (κ3) is 2.08. The maximum Gasteiger partial charge on any atom is 0.220 e. The third-order valence-electron chi connectivity index (χ3n) is 2.25. The maximum absolute atomic E-state index is 13.6. The fourth-order valence-electron chi connectivity index (χ4n) is 1.38. The molecule has 5 heteroatoms. The molecule has 2 heterocycles. The van der Waals surface area contributed by atoms with Crippen LogP contribution in [-0.4, -0.2) is 9.97 Å². The topological polar surface area (TPSA) is 25.8 Å². The summed E-state index contributed by atoms with van der Waals surface area (Å²) in [7, 11) is 0. The molecule has 0 atom stereocenters. The molecule has 2 aromatic heterocycles. The first-order valence-corrected chi connectivity index (χ1v) is 5.68. The first kappa shape index (κ1) is 11.5. The number of nitrogens with zero attached hydrogens (tertiary/aromatic N) is 2. The van der Waals surface area contributed by atoms with Crippen molar-refractivity contribution in [1.29, 1.82) is 0 Å². The fraction of sp³-hybridized carbons (Fsp3) is 0.0909. The lowest BCUT2D eigenvalue weighted by atomic mass is 10.1. The molecule has 82 valence electrons. The van der Waals surface area contributed by atoms with Crippen molar-refractivity contribution in [3.05, 3.63) is 45.7 Å². The standard InChI is InChI=1S/C11H7BrClFN2/c1-6-9(4-15-5-10(6)12)8-2-7(13)3-16-11(8)14/h2-5H,1H3. The van der Waals surface area contributed by atoms with Gasteiger partial charge in [0, 0.05) is 34.2 Å². The van der Waals surface area contributed by atoms with Gasteiger partial charge >= 0.3 is 0 Å². The average Bonchev–Trinajstić information content (AvgIpc) is 2.26. The lowest BCUT2D eigenvalue weighted by molar-refractivity contribution is 0.587. The average molecular weight is 302 g/mol. The van der Waals surface area contributed by atoms with Crippen LogP contribution in [0.5, 0.6) is 0 Å². The van der Waals surface area contributed by atoms with E-state index in [1.165, 1.54) is 6.20 Å². The van der Waals surface area contributed by atoms with E-state index in [0.717, 1.165) is 10.0 Å². The molecule has 0 saturated heterocycles. The van der Waals surface area contributed by atoms with E-state index in [9.17, 15) is 4.39 Å². The summed E-state index contributed by atoms with van der Waals surface area (Å²) >= 11 is 9.15. The molecule has 16 heavy (non-hydrogen) atoms. The number of aromatic nitrogens is 2. The number of rotatable bonds is 1. The van der Waals surface area contributed by atoms with Gasteiger partial charge in [-0.2, -0.15) is 4.39 Å². The van der Waals surface area contributed by atoms with Crippen LogP contribution in [0.15, 0.2) is 29.1 Å². The molecule has 0 unspecified atom stereocenters. The lowest BCUT2D eigenvalue weighted by Gasteiger charge is -2.07. The molecule has 0 amide bonds. The van der Waals surface area contributed by atoms with E-state index in [0.29, 0.717) is 16.1 Å². The Bertz CT molecular complexity index is 546. The highest BCUT2D eigenvalue weighted by Crippen LogP contribution is 2.30. The molecule has 2 nitrogen and oxygen atoms in total. The second-order valence-corrected chi connectivity index (χ2v) is 4.58. The number of hydrogen-bond donors (Lipinski definition) is 0. The molecule has 0 bridgehead atoms. The van der Waals surface area contributed by atoms with Gasteiger partial charge in [0.15, 0.2) is 0 Å². The fourth-order valence-corrected chi connectivity index (χ4v) is 1.87. The Labute approximate surface area is 106 Å². The SMILES string of the molecule is Cc1c(Br)cncc1-c1cc(Cl)cnc1F. The van der Waals surface area contributed by atoms with Crippen molar-refractivity contribution in [3.63, 3.8) is 0 Å². The van der Waals surface area contributed by atoms with Crippen LogP contribution >= 0.6 is 27.5 Å². The molecule has 0 aliphatic rings. The first-order chi connectivity index (χ1) is 7.59. The van der Waals surface area contributed by atoms with Gasteiger partial charge in [-0.1, -0.05) is 11.6 Å². The van der Waals surface area contributed by atoms with E-state index in [4.69, 9.17) is 11.6 Å². The quantitative estimate of drug-likeness (QED) is 0.744. The van der Waals surface area contributed by atoms with Crippen LogP contribution in [-0.2, 0) is 0 Å². The van der Waals surface area contributed by atoms with Gasteiger partial charge in [0.2, 0.25) is 5.95 Å². The van der Waals surface area contributed by atoms with Crippen LogP contribution in [0.4, 0.5) is 4.39 Å². The predicted molar refractivity (Wildman–Crippen MR) is 64.9 cm³/mol. The van der Waals surface area contributed by atoms with Crippen molar-refractivity contribution in [3.8, 4) is 11.1 Å². The van der Waals surface area contributed by atoms with Crippen LogP contribution in [0.1, 0.15) is 5.56 Å². The summed E-state index contributed by atoms with van der Waals surface area (Å²) in [5, 5.41) is 0.399. The smallest absolute Gasteiger partial charge is 0.220 e. The van der Waals surface area contributed by atoms with E-state index in [1.54, 1.807) is 18.5 Å². The van der Waals surface area contributed by atoms with Gasteiger partial charge in [-0.25, -0.2) is 4.98 Å². The van der Waals surface area contributed by atoms with E-state index in [2.05, 4.69) is 25.9 Å². The van der Waals surface area contributed by atoms with Crippen molar-refractivity contribution >= 4 is 27.5 Å². The van der Waals surface area contributed by atoms with Crippen LogP contribution in [0.25, 0.3) is 11.1 Å². The van der Waals surface area contributed by atoms with E-state index in [1.807, 2.05) is 6.92 Å². The molecule has 2 rings (SSSR count). The summed E-state index contributed by atoms with van der Waals surface area (Å²) in [6.07, 6.45) is 4.53. The molecular weight excluding hydrogens is 294 g/mol. The Morgan fingerprint density at radius 3 is 2.75 bits per heavy atom. The number of pyridine rings is 2.